The van der Waals surface area contributed by atoms with Gasteiger partial charge in [0, 0.05) is 30.9 Å². The van der Waals surface area contributed by atoms with Gasteiger partial charge in [0.25, 0.3) is 0 Å². The van der Waals surface area contributed by atoms with E-state index in [1.807, 2.05) is 12.3 Å². The van der Waals surface area contributed by atoms with Crippen LogP contribution in [0.4, 0.5) is 0 Å². The molecule has 1 aromatic heterocycles. The van der Waals surface area contributed by atoms with Crippen LogP contribution in [0.1, 0.15) is 56.2 Å². The lowest BCUT2D eigenvalue weighted by atomic mass is 9.76. The number of nitrogens with zero attached hydrogens (tertiary/aromatic N) is 2. The predicted molar refractivity (Wildman–Crippen MR) is 102 cm³/mol. The van der Waals surface area contributed by atoms with E-state index in [2.05, 4.69) is 39.1 Å². The quantitative estimate of drug-likeness (QED) is 0.841. The van der Waals surface area contributed by atoms with Gasteiger partial charge in [0.1, 0.15) is 0 Å². The second-order valence-corrected chi connectivity index (χ2v) is 8.12. The number of amides is 1. The highest BCUT2D eigenvalue weighted by Crippen LogP contribution is 2.36. The van der Waals surface area contributed by atoms with E-state index in [1.54, 1.807) is 6.33 Å². The minimum absolute atomic E-state index is 0.337. The third kappa shape index (κ3) is 4.17. The van der Waals surface area contributed by atoms with Crippen LogP contribution >= 0.6 is 0 Å². The molecule has 2 aromatic rings. The molecule has 1 aliphatic carbocycles. The van der Waals surface area contributed by atoms with Crippen molar-refractivity contribution in [3.8, 4) is 0 Å². The summed E-state index contributed by atoms with van der Waals surface area (Å²) in [6, 6.07) is 10.8. The standard InChI is InChI=1S/C22H29N3O/c26-22-10-9-21(25(22)15-17-5-2-1-3-6-17)13-19-8-4-7-18(11-19)12-20-14-23-16-24-20/h1-3,5-6,14,16,18-19,21H,4,7-13,15H2,(H,23,24)/t18-,19?,21-/m0/s1. The Balaban J connectivity index is 1.35. The summed E-state index contributed by atoms with van der Waals surface area (Å²) < 4.78 is 0. The van der Waals surface area contributed by atoms with Gasteiger partial charge in [0.15, 0.2) is 0 Å². The highest BCUT2D eigenvalue weighted by Gasteiger charge is 2.34. The van der Waals surface area contributed by atoms with E-state index >= 15 is 0 Å². The van der Waals surface area contributed by atoms with Crippen LogP contribution in [0.15, 0.2) is 42.9 Å². The van der Waals surface area contributed by atoms with Gasteiger partial charge in [-0.1, -0.05) is 49.6 Å². The van der Waals surface area contributed by atoms with Gasteiger partial charge in [-0.25, -0.2) is 4.98 Å². The van der Waals surface area contributed by atoms with Crippen molar-refractivity contribution in [2.45, 2.75) is 64.0 Å². The fourth-order valence-electron chi connectivity index (χ4n) is 4.93. The van der Waals surface area contributed by atoms with Crippen molar-refractivity contribution >= 4 is 5.91 Å². The Bertz CT molecular complexity index is 697. The highest BCUT2D eigenvalue weighted by atomic mass is 16.2. The number of aromatic amines is 1. The maximum Gasteiger partial charge on any atom is 0.223 e. The van der Waals surface area contributed by atoms with Crippen molar-refractivity contribution < 1.29 is 4.79 Å². The number of hydrogen-bond acceptors (Lipinski definition) is 2. The number of H-pyrrole nitrogens is 1. The van der Waals surface area contributed by atoms with Crippen LogP contribution in [0, 0.1) is 11.8 Å². The average molecular weight is 351 g/mol. The Morgan fingerprint density at radius 3 is 2.77 bits per heavy atom. The highest BCUT2D eigenvalue weighted by molar-refractivity contribution is 5.78. The third-order valence-electron chi connectivity index (χ3n) is 6.21. The molecule has 4 heteroatoms. The van der Waals surface area contributed by atoms with Crippen molar-refractivity contribution in [3.63, 3.8) is 0 Å². The zero-order valence-corrected chi connectivity index (χ0v) is 15.4. The van der Waals surface area contributed by atoms with E-state index < -0.39 is 0 Å². The smallest absolute Gasteiger partial charge is 0.223 e. The van der Waals surface area contributed by atoms with E-state index in [9.17, 15) is 4.79 Å². The fourth-order valence-corrected chi connectivity index (χ4v) is 4.93. The van der Waals surface area contributed by atoms with Crippen LogP contribution in [0.3, 0.4) is 0 Å². The predicted octanol–water partition coefficient (Wildman–Crippen LogP) is 4.34. The van der Waals surface area contributed by atoms with E-state index in [-0.39, 0.29) is 0 Å². The van der Waals surface area contributed by atoms with Gasteiger partial charge in [-0.15, -0.1) is 0 Å². The first kappa shape index (κ1) is 17.3. The maximum atomic E-state index is 12.4. The SMILES string of the molecule is O=C1CC[C@@H](CC2CCC[C@H](Cc3cnc[nH]3)C2)N1Cc1ccccc1. The van der Waals surface area contributed by atoms with Crippen molar-refractivity contribution in [2.75, 3.05) is 0 Å². The summed E-state index contributed by atoms with van der Waals surface area (Å²) in [5, 5.41) is 0. The number of rotatable bonds is 6. The number of benzene rings is 1. The fraction of sp³-hybridized carbons (Fsp3) is 0.545. The number of carbonyl (C=O) groups is 1. The van der Waals surface area contributed by atoms with Crippen LogP contribution in [0.5, 0.6) is 0 Å². The first-order valence-electron chi connectivity index (χ1n) is 10.1. The van der Waals surface area contributed by atoms with E-state index in [1.165, 1.54) is 43.4 Å². The first-order chi connectivity index (χ1) is 12.8. The molecule has 0 spiro atoms. The Labute approximate surface area is 156 Å². The van der Waals surface area contributed by atoms with Crippen LogP contribution < -0.4 is 0 Å². The van der Waals surface area contributed by atoms with Crippen LogP contribution in [0.25, 0.3) is 0 Å². The van der Waals surface area contributed by atoms with Crippen molar-refractivity contribution in [2.24, 2.45) is 11.8 Å². The first-order valence-corrected chi connectivity index (χ1v) is 10.1. The molecule has 2 aliphatic rings. The lowest BCUT2D eigenvalue weighted by Gasteiger charge is -2.33. The molecule has 2 fully saturated rings. The molecule has 26 heavy (non-hydrogen) atoms. The molecule has 0 bridgehead atoms. The summed E-state index contributed by atoms with van der Waals surface area (Å²) >= 11 is 0. The monoisotopic (exact) mass is 351 g/mol. The number of hydrogen-bond donors (Lipinski definition) is 1. The second kappa shape index (κ2) is 8.07. The topological polar surface area (TPSA) is 49.0 Å². The van der Waals surface area contributed by atoms with Crippen LogP contribution in [-0.4, -0.2) is 26.8 Å². The van der Waals surface area contributed by atoms with E-state index in [4.69, 9.17) is 0 Å². The van der Waals surface area contributed by atoms with Gasteiger partial charge in [-0.2, -0.15) is 0 Å². The molecule has 4 rings (SSSR count). The normalized spacial score (nSPS) is 26.4. The molecule has 1 saturated heterocycles. The van der Waals surface area contributed by atoms with Gasteiger partial charge >= 0.3 is 0 Å². The lowest BCUT2D eigenvalue weighted by Crippen LogP contribution is -2.34. The molecule has 2 heterocycles. The van der Waals surface area contributed by atoms with Gasteiger partial charge < -0.3 is 9.88 Å². The summed E-state index contributed by atoms with van der Waals surface area (Å²) in [6.45, 7) is 0.772. The summed E-state index contributed by atoms with van der Waals surface area (Å²) in [4.78, 5) is 22.0. The van der Waals surface area contributed by atoms with E-state index in [0.29, 0.717) is 11.9 Å². The van der Waals surface area contributed by atoms with Crippen molar-refractivity contribution in [3.05, 3.63) is 54.1 Å². The Morgan fingerprint density at radius 1 is 1.12 bits per heavy atom. The zero-order chi connectivity index (χ0) is 17.8. The molecule has 1 amide bonds. The molecule has 1 aliphatic heterocycles. The van der Waals surface area contributed by atoms with Crippen molar-refractivity contribution in [1.29, 1.82) is 0 Å². The summed E-state index contributed by atoms with van der Waals surface area (Å²) in [5.74, 6) is 1.85. The van der Waals surface area contributed by atoms with Crippen LogP contribution in [0.2, 0.25) is 0 Å². The number of imidazole rings is 1. The number of aromatic nitrogens is 2. The summed E-state index contributed by atoms with van der Waals surface area (Å²) in [7, 11) is 0. The second-order valence-electron chi connectivity index (χ2n) is 8.12. The number of carbonyl (C=O) groups excluding carboxylic acids is 1. The summed E-state index contributed by atoms with van der Waals surface area (Å²) in [6.07, 6.45) is 13.1. The molecular weight excluding hydrogens is 322 g/mol. The summed E-state index contributed by atoms with van der Waals surface area (Å²) in [5.41, 5.74) is 2.51. The Morgan fingerprint density at radius 2 is 1.96 bits per heavy atom. The molecule has 3 atom stereocenters. The third-order valence-corrected chi connectivity index (χ3v) is 6.21. The molecule has 1 aromatic carbocycles. The van der Waals surface area contributed by atoms with Crippen LogP contribution in [-0.2, 0) is 17.8 Å². The van der Waals surface area contributed by atoms with Gasteiger partial charge in [0.2, 0.25) is 5.91 Å². The van der Waals surface area contributed by atoms with Crippen molar-refractivity contribution in [1.82, 2.24) is 14.9 Å². The minimum Gasteiger partial charge on any atom is -0.348 e. The maximum absolute atomic E-state index is 12.4. The number of likely N-dealkylation sites (tertiary alicyclic amines) is 1. The Kier molecular flexibility index (Phi) is 5.37. The molecule has 138 valence electrons. The molecular formula is C22H29N3O. The van der Waals surface area contributed by atoms with Gasteiger partial charge in [0.05, 0.1) is 6.33 Å². The molecule has 1 N–H and O–H groups in total. The zero-order valence-electron chi connectivity index (χ0n) is 15.4. The largest absolute Gasteiger partial charge is 0.348 e. The lowest BCUT2D eigenvalue weighted by molar-refractivity contribution is -0.129. The molecule has 1 saturated carbocycles. The Hall–Kier alpha value is -2.10. The molecule has 4 nitrogen and oxygen atoms in total. The molecule has 0 radical (unpaired) electrons. The average Bonchev–Trinajstić information content (AvgIpc) is 3.28. The molecule has 1 unspecified atom stereocenters. The van der Waals surface area contributed by atoms with Gasteiger partial charge in [-0.05, 0) is 43.1 Å². The van der Waals surface area contributed by atoms with Gasteiger partial charge in [-0.3, -0.25) is 4.79 Å². The van der Waals surface area contributed by atoms with E-state index in [0.717, 1.165) is 37.6 Å². The number of nitrogens with one attached hydrogen (secondary N) is 1. The minimum atomic E-state index is 0.337.